The molecule has 3 radical (unpaired) electrons. The molecular weight excluding hydrogens is 132 g/mol. The van der Waals surface area contributed by atoms with E-state index >= 15 is 0 Å². The lowest BCUT2D eigenvalue weighted by Gasteiger charge is -2.33. The van der Waals surface area contributed by atoms with Gasteiger partial charge in [-0.05, 0) is 24.9 Å². The molecule has 0 saturated heterocycles. The first kappa shape index (κ1) is 11.1. The first-order chi connectivity index (χ1) is 5.17. The van der Waals surface area contributed by atoms with Crippen LogP contribution in [0.2, 0.25) is 0 Å². The molecule has 2 unspecified atom stereocenters. The van der Waals surface area contributed by atoms with Crippen LogP contribution in [-0.4, -0.2) is 31.9 Å². The molecule has 0 N–H and O–H groups in total. The third-order valence-electron chi connectivity index (χ3n) is 2.37. The van der Waals surface area contributed by atoms with Crippen molar-refractivity contribution in [2.45, 2.75) is 52.6 Å². The monoisotopic (exact) mass is 150 g/mol. The molecule has 0 spiro atoms. The Bertz CT molecular complexity index is 88.1. The smallest absolute Gasteiger partial charge is 0.149 e. The Hall–Kier alpha value is 0.0899. The van der Waals surface area contributed by atoms with Crippen molar-refractivity contribution >= 4 is 15.0 Å². The first-order valence-electron chi connectivity index (χ1n) is 4.49. The summed E-state index contributed by atoms with van der Waals surface area (Å²) in [6.07, 6.45) is 2.30. The number of rotatable bonds is 5. The number of hydrogen-bond donors (Lipinski definition) is 0. The minimum atomic E-state index is 0.565. The van der Waals surface area contributed by atoms with Crippen LogP contribution in [0.1, 0.15) is 40.5 Å². The van der Waals surface area contributed by atoms with Crippen molar-refractivity contribution in [3.8, 4) is 0 Å². The Kier molecular flexibility index (Phi) is 5.75. The maximum Gasteiger partial charge on any atom is 0.149 e. The maximum atomic E-state index is 5.53. The molecule has 0 amide bonds. The Morgan fingerprint density at radius 1 is 1.18 bits per heavy atom. The fourth-order valence-electron chi connectivity index (χ4n) is 1.15. The third-order valence-corrected chi connectivity index (χ3v) is 2.37. The molecule has 1 nitrogen and oxygen atoms in total. The molecular formula is C8H18B2N. The summed E-state index contributed by atoms with van der Waals surface area (Å²) in [6, 6.07) is 1.13. The molecule has 2 atom stereocenters. The minimum absolute atomic E-state index is 0.565. The summed E-state index contributed by atoms with van der Waals surface area (Å²) in [5.41, 5.74) is 0. The van der Waals surface area contributed by atoms with E-state index < -0.39 is 0 Å². The summed E-state index contributed by atoms with van der Waals surface area (Å²) < 4.78 is 0. The van der Waals surface area contributed by atoms with Crippen molar-refractivity contribution in [2.24, 2.45) is 0 Å². The molecule has 0 saturated carbocycles. The molecule has 61 valence electrons. The van der Waals surface area contributed by atoms with E-state index in [-0.39, 0.29) is 0 Å². The van der Waals surface area contributed by atoms with Crippen molar-refractivity contribution in [2.75, 3.05) is 0 Å². The van der Waals surface area contributed by atoms with Crippen LogP contribution in [0.5, 0.6) is 0 Å². The summed E-state index contributed by atoms with van der Waals surface area (Å²) in [4.78, 5) is 2.22. The van der Waals surface area contributed by atoms with Gasteiger partial charge in [-0.3, -0.25) is 0 Å². The zero-order chi connectivity index (χ0) is 8.85. The fraction of sp³-hybridized carbons (Fsp3) is 1.00. The molecule has 0 aliphatic carbocycles. The van der Waals surface area contributed by atoms with E-state index in [1.54, 1.807) is 7.31 Å². The van der Waals surface area contributed by atoms with Crippen LogP contribution in [-0.2, 0) is 0 Å². The van der Waals surface area contributed by atoms with Gasteiger partial charge < -0.3 is 4.81 Å². The summed E-state index contributed by atoms with van der Waals surface area (Å²) in [5, 5.41) is 0. The van der Waals surface area contributed by atoms with Crippen molar-refractivity contribution in [3.63, 3.8) is 0 Å². The summed E-state index contributed by atoms with van der Waals surface area (Å²) in [5.74, 6) is 0. The topological polar surface area (TPSA) is 3.24 Å². The van der Waals surface area contributed by atoms with Crippen LogP contribution in [0.3, 0.4) is 0 Å². The normalized spacial score (nSPS) is 16.5. The van der Waals surface area contributed by atoms with E-state index in [4.69, 9.17) is 7.74 Å². The molecule has 0 aliphatic heterocycles. The molecule has 0 fully saturated rings. The van der Waals surface area contributed by atoms with Crippen molar-refractivity contribution < 1.29 is 0 Å². The fourth-order valence-corrected chi connectivity index (χ4v) is 1.15. The average molecular weight is 150 g/mol. The van der Waals surface area contributed by atoms with E-state index in [9.17, 15) is 0 Å². The van der Waals surface area contributed by atoms with Crippen LogP contribution in [0.4, 0.5) is 0 Å². The summed E-state index contributed by atoms with van der Waals surface area (Å²) in [6.45, 7) is 8.78. The van der Waals surface area contributed by atoms with Crippen molar-refractivity contribution in [1.29, 1.82) is 0 Å². The highest BCUT2D eigenvalue weighted by molar-refractivity contribution is 6.87. The van der Waals surface area contributed by atoms with Gasteiger partial charge in [0, 0.05) is 7.74 Å². The standard InChI is InChI=1S/C8H18B2N/c1-5-7(3)11(10-9)8(4)6-2/h7-8H,5-6H2,1-4H3. The van der Waals surface area contributed by atoms with Crippen LogP contribution in [0.25, 0.3) is 0 Å². The molecule has 0 heterocycles. The van der Waals surface area contributed by atoms with E-state index in [1.165, 1.54) is 0 Å². The molecule has 11 heavy (non-hydrogen) atoms. The van der Waals surface area contributed by atoms with Gasteiger partial charge in [0.1, 0.15) is 7.31 Å². The third kappa shape index (κ3) is 3.33. The molecule has 0 aliphatic rings. The zero-order valence-corrected chi connectivity index (χ0v) is 8.17. The van der Waals surface area contributed by atoms with Gasteiger partial charge in [-0.25, -0.2) is 0 Å². The van der Waals surface area contributed by atoms with Crippen LogP contribution in [0, 0.1) is 0 Å². The predicted octanol–water partition coefficient (Wildman–Crippen LogP) is 1.59. The van der Waals surface area contributed by atoms with Gasteiger partial charge in [0.05, 0.1) is 0 Å². The minimum Gasteiger partial charge on any atom is -0.352 e. The quantitative estimate of drug-likeness (QED) is 0.537. The summed E-state index contributed by atoms with van der Waals surface area (Å²) in [7, 11) is 7.24. The van der Waals surface area contributed by atoms with Crippen LogP contribution >= 0.6 is 0 Å². The van der Waals surface area contributed by atoms with Gasteiger partial charge in [-0.1, -0.05) is 27.7 Å². The van der Waals surface area contributed by atoms with Crippen molar-refractivity contribution in [3.05, 3.63) is 0 Å². The van der Waals surface area contributed by atoms with Gasteiger partial charge in [0.25, 0.3) is 0 Å². The number of hydrogen-bond acceptors (Lipinski definition) is 1. The largest absolute Gasteiger partial charge is 0.352 e. The lowest BCUT2D eigenvalue weighted by atomic mass is 9.63. The van der Waals surface area contributed by atoms with E-state index in [2.05, 4.69) is 32.5 Å². The average Bonchev–Trinajstić information content (AvgIpc) is 2.05. The molecule has 3 heteroatoms. The van der Waals surface area contributed by atoms with Crippen molar-refractivity contribution in [1.82, 2.24) is 4.81 Å². The molecule has 0 aromatic rings. The Morgan fingerprint density at radius 3 is 1.73 bits per heavy atom. The Balaban J connectivity index is 3.92. The van der Waals surface area contributed by atoms with E-state index in [0.717, 1.165) is 12.8 Å². The molecule has 0 aromatic carbocycles. The van der Waals surface area contributed by atoms with Gasteiger partial charge in [-0.15, -0.1) is 0 Å². The Labute approximate surface area is 73.2 Å². The lowest BCUT2D eigenvalue weighted by molar-refractivity contribution is 0.273. The van der Waals surface area contributed by atoms with Gasteiger partial charge >= 0.3 is 0 Å². The molecule has 0 aromatic heterocycles. The predicted molar refractivity (Wildman–Crippen MR) is 52.9 cm³/mol. The van der Waals surface area contributed by atoms with Crippen LogP contribution in [0.15, 0.2) is 0 Å². The molecule has 0 bridgehead atoms. The second-order valence-corrected chi connectivity index (χ2v) is 3.11. The zero-order valence-electron chi connectivity index (χ0n) is 8.17. The second-order valence-electron chi connectivity index (χ2n) is 3.11. The highest BCUT2D eigenvalue weighted by Crippen LogP contribution is 2.08. The van der Waals surface area contributed by atoms with Gasteiger partial charge in [-0.2, -0.15) is 0 Å². The lowest BCUT2D eigenvalue weighted by Crippen LogP contribution is -2.42. The Morgan fingerprint density at radius 2 is 1.55 bits per heavy atom. The van der Waals surface area contributed by atoms with Gasteiger partial charge in [0.2, 0.25) is 0 Å². The maximum absolute atomic E-state index is 5.53. The highest BCUT2D eigenvalue weighted by atomic mass is 15.1. The summed E-state index contributed by atoms with van der Waals surface area (Å²) >= 11 is 0. The van der Waals surface area contributed by atoms with Crippen LogP contribution < -0.4 is 0 Å². The number of nitrogens with zero attached hydrogens (tertiary/aromatic N) is 1. The second kappa shape index (κ2) is 5.70. The highest BCUT2D eigenvalue weighted by Gasteiger charge is 2.14. The van der Waals surface area contributed by atoms with E-state index in [0.29, 0.717) is 12.1 Å². The van der Waals surface area contributed by atoms with E-state index in [1.807, 2.05) is 0 Å². The SMILES string of the molecule is [B][B]N(C(C)CC)C(C)CC. The molecule has 0 rings (SSSR count). The first-order valence-corrected chi connectivity index (χ1v) is 4.49. The van der Waals surface area contributed by atoms with Gasteiger partial charge in [0.15, 0.2) is 0 Å².